The Bertz CT molecular complexity index is 733. The second-order valence-electron chi connectivity index (χ2n) is 7.29. The summed E-state index contributed by atoms with van der Waals surface area (Å²) in [4.78, 5) is 17.0. The standard InChI is InChI=1S/C23H30N2O3/c1-28-21-12-10-20(11-13-21)22(26)23(27)25-16-6-15-24(17-18-25)14-5-9-19-7-3-2-4-8-19/h2-4,7-8,10-13,22,26H,5-6,9,14-18H2,1H3. The van der Waals surface area contributed by atoms with E-state index in [2.05, 4.69) is 29.2 Å². The van der Waals surface area contributed by atoms with Gasteiger partial charge >= 0.3 is 0 Å². The molecule has 5 nitrogen and oxygen atoms in total. The molecule has 2 aromatic rings. The van der Waals surface area contributed by atoms with Crippen LogP contribution in [0, 0.1) is 0 Å². The van der Waals surface area contributed by atoms with Gasteiger partial charge in [-0.25, -0.2) is 0 Å². The summed E-state index contributed by atoms with van der Waals surface area (Å²) in [6.45, 7) is 4.25. The van der Waals surface area contributed by atoms with Gasteiger partial charge in [-0.1, -0.05) is 42.5 Å². The minimum atomic E-state index is -1.12. The number of methoxy groups -OCH3 is 1. The number of ether oxygens (including phenoxy) is 1. The minimum Gasteiger partial charge on any atom is -0.497 e. The zero-order chi connectivity index (χ0) is 19.8. The van der Waals surface area contributed by atoms with Crippen LogP contribution in [0.1, 0.15) is 30.1 Å². The van der Waals surface area contributed by atoms with Crippen molar-refractivity contribution in [3.8, 4) is 5.75 Å². The van der Waals surface area contributed by atoms with Gasteiger partial charge in [0.1, 0.15) is 5.75 Å². The Kier molecular flexibility index (Phi) is 7.46. The molecule has 1 heterocycles. The Hall–Kier alpha value is -2.37. The van der Waals surface area contributed by atoms with Crippen molar-refractivity contribution in [3.63, 3.8) is 0 Å². The molecule has 0 spiro atoms. The first-order valence-electron chi connectivity index (χ1n) is 10.0. The third kappa shape index (κ3) is 5.57. The Morgan fingerprint density at radius 2 is 1.79 bits per heavy atom. The van der Waals surface area contributed by atoms with Crippen molar-refractivity contribution in [1.29, 1.82) is 0 Å². The van der Waals surface area contributed by atoms with E-state index in [0.717, 1.165) is 38.9 Å². The number of rotatable bonds is 7. The van der Waals surface area contributed by atoms with Gasteiger partial charge < -0.3 is 19.6 Å². The number of hydrogen-bond donors (Lipinski definition) is 1. The zero-order valence-corrected chi connectivity index (χ0v) is 16.6. The molecule has 150 valence electrons. The van der Waals surface area contributed by atoms with Crippen LogP contribution in [0.2, 0.25) is 0 Å². The molecule has 28 heavy (non-hydrogen) atoms. The van der Waals surface area contributed by atoms with E-state index >= 15 is 0 Å². The van der Waals surface area contributed by atoms with Crippen LogP contribution in [0.25, 0.3) is 0 Å². The summed E-state index contributed by atoms with van der Waals surface area (Å²) in [7, 11) is 1.60. The van der Waals surface area contributed by atoms with E-state index in [4.69, 9.17) is 4.74 Å². The quantitative estimate of drug-likeness (QED) is 0.800. The second-order valence-corrected chi connectivity index (χ2v) is 7.29. The summed E-state index contributed by atoms with van der Waals surface area (Å²) < 4.78 is 5.13. The largest absolute Gasteiger partial charge is 0.497 e. The van der Waals surface area contributed by atoms with E-state index in [9.17, 15) is 9.90 Å². The molecule has 1 N–H and O–H groups in total. The maximum absolute atomic E-state index is 12.7. The Balaban J connectivity index is 1.47. The van der Waals surface area contributed by atoms with E-state index in [1.165, 1.54) is 5.56 Å². The van der Waals surface area contributed by atoms with Crippen LogP contribution in [0.15, 0.2) is 54.6 Å². The third-order valence-electron chi connectivity index (χ3n) is 5.35. The fraction of sp³-hybridized carbons (Fsp3) is 0.435. The maximum Gasteiger partial charge on any atom is 0.256 e. The number of nitrogens with zero attached hydrogens (tertiary/aromatic N) is 2. The highest BCUT2D eigenvalue weighted by molar-refractivity contribution is 5.82. The van der Waals surface area contributed by atoms with Gasteiger partial charge in [0.15, 0.2) is 6.10 Å². The average molecular weight is 383 g/mol. The highest BCUT2D eigenvalue weighted by Crippen LogP contribution is 2.20. The lowest BCUT2D eigenvalue weighted by molar-refractivity contribution is -0.140. The lowest BCUT2D eigenvalue weighted by Gasteiger charge is -2.24. The monoisotopic (exact) mass is 382 g/mol. The van der Waals surface area contributed by atoms with Gasteiger partial charge in [-0.2, -0.15) is 0 Å². The Labute approximate surface area is 167 Å². The van der Waals surface area contributed by atoms with Gasteiger partial charge in [-0.05, 0) is 55.6 Å². The molecule has 1 saturated heterocycles. The van der Waals surface area contributed by atoms with Crippen molar-refractivity contribution in [3.05, 3.63) is 65.7 Å². The first kappa shape index (κ1) is 20.4. The topological polar surface area (TPSA) is 53.0 Å². The predicted octanol–water partition coefficient (Wildman–Crippen LogP) is 2.90. The fourth-order valence-electron chi connectivity index (χ4n) is 3.67. The summed E-state index contributed by atoms with van der Waals surface area (Å²) in [6, 6.07) is 17.6. The van der Waals surface area contributed by atoms with E-state index in [0.29, 0.717) is 24.4 Å². The molecule has 0 aromatic heterocycles. The number of carbonyl (C=O) groups excluding carboxylic acids is 1. The predicted molar refractivity (Wildman–Crippen MR) is 110 cm³/mol. The van der Waals surface area contributed by atoms with Crippen LogP contribution in [0.3, 0.4) is 0 Å². The molecule has 1 amide bonds. The Morgan fingerprint density at radius 1 is 1.04 bits per heavy atom. The molecule has 3 rings (SSSR count). The number of amides is 1. The normalized spacial score (nSPS) is 16.4. The Morgan fingerprint density at radius 3 is 2.50 bits per heavy atom. The zero-order valence-electron chi connectivity index (χ0n) is 16.6. The molecular weight excluding hydrogens is 352 g/mol. The maximum atomic E-state index is 12.7. The first-order chi connectivity index (χ1) is 13.7. The van der Waals surface area contributed by atoms with Crippen LogP contribution in [0.5, 0.6) is 5.75 Å². The van der Waals surface area contributed by atoms with Crippen LogP contribution in [0.4, 0.5) is 0 Å². The second kappa shape index (κ2) is 10.2. The summed E-state index contributed by atoms with van der Waals surface area (Å²) in [5, 5.41) is 10.5. The summed E-state index contributed by atoms with van der Waals surface area (Å²) in [5.41, 5.74) is 1.98. The van der Waals surface area contributed by atoms with Crippen LogP contribution >= 0.6 is 0 Å². The SMILES string of the molecule is COc1ccc(C(O)C(=O)N2CCCN(CCCc3ccccc3)CC2)cc1. The molecule has 0 radical (unpaired) electrons. The van der Waals surface area contributed by atoms with Crippen molar-refractivity contribution in [1.82, 2.24) is 9.80 Å². The van der Waals surface area contributed by atoms with Crippen molar-refractivity contribution in [2.24, 2.45) is 0 Å². The lowest BCUT2D eigenvalue weighted by Crippen LogP contribution is -2.38. The van der Waals surface area contributed by atoms with Gasteiger partial charge in [-0.3, -0.25) is 4.79 Å². The van der Waals surface area contributed by atoms with Crippen LogP contribution in [-0.4, -0.2) is 60.6 Å². The third-order valence-corrected chi connectivity index (χ3v) is 5.35. The van der Waals surface area contributed by atoms with E-state index in [1.807, 2.05) is 6.07 Å². The van der Waals surface area contributed by atoms with Crippen molar-refractivity contribution in [2.45, 2.75) is 25.4 Å². The van der Waals surface area contributed by atoms with Crippen LogP contribution in [-0.2, 0) is 11.2 Å². The summed E-state index contributed by atoms with van der Waals surface area (Å²) >= 11 is 0. The molecule has 0 saturated carbocycles. The van der Waals surface area contributed by atoms with Gasteiger partial charge in [0.05, 0.1) is 7.11 Å². The van der Waals surface area contributed by atoms with E-state index < -0.39 is 6.10 Å². The van der Waals surface area contributed by atoms with Crippen molar-refractivity contribution in [2.75, 3.05) is 39.8 Å². The van der Waals surface area contributed by atoms with Gasteiger partial charge in [-0.15, -0.1) is 0 Å². The molecule has 1 aliphatic heterocycles. The molecule has 2 aromatic carbocycles. The molecule has 1 aliphatic rings. The summed E-state index contributed by atoms with van der Waals surface area (Å²) in [6.07, 6.45) is 2.02. The van der Waals surface area contributed by atoms with Crippen molar-refractivity contribution < 1.29 is 14.6 Å². The molecule has 1 fully saturated rings. The van der Waals surface area contributed by atoms with Gasteiger partial charge in [0.25, 0.3) is 5.91 Å². The first-order valence-corrected chi connectivity index (χ1v) is 10.0. The smallest absolute Gasteiger partial charge is 0.256 e. The van der Waals surface area contributed by atoms with E-state index in [1.54, 1.807) is 36.3 Å². The number of carbonyl (C=O) groups is 1. The number of hydrogen-bond acceptors (Lipinski definition) is 4. The molecule has 1 atom stereocenters. The lowest BCUT2D eigenvalue weighted by atomic mass is 10.1. The van der Waals surface area contributed by atoms with Gasteiger partial charge in [0, 0.05) is 19.6 Å². The van der Waals surface area contributed by atoms with Gasteiger partial charge in [0.2, 0.25) is 0 Å². The molecular formula is C23H30N2O3. The number of aliphatic hydroxyl groups excluding tert-OH is 1. The van der Waals surface area contributed by atoms with E-state index in [-0.39, 0.29) is 5.91 Å². The van der Waals surface area contributed by atoms with Crippen molar-refractivity contribution >= 4 is 5.91 Å². The minimum absolute atomic E-state index is 0.212. The number of aryl methyl sites for hydroxylation is 1. The van der Waals surface area contributed by atoms with Crippen LogP contribution < -0.4 is 4.74 Å². The molecule has 5 heteroatoms. The number of aliphatic hydroxyl groups is 1. The molecule has 1 unspecified atom stereocenters. The molecule has 0 bridgehead atoms. The summed E-state index contributed by atoms with van der Waals surface area (Å²) in [5.74, 6) is 0.501. The molecule has 0 aliphatic carbocycles. The highest BCUT2D eigenvalue weighted by Gasteiger charge is 2.25. The number of benzene rings is 2. The fourth-order valence-corrected chi connectivity index (χ4v) is 3.67. The highest BCUT2D eigenvalue weighted by atomic mass is 16.5. The average Bonchev–Trinajstić information content (AvgIpc) is 2.99.